The zero-order chi connectivity index (χ0) is 31.3. The van der Waals surface area contributed by atoms with Crippen LogP contribution in [-0.2, 0) is 4.79 Å². The Morgan fingerprint density at radius 1 is 0.933 bits per heavy atom. The van der Waals surface area contributed by atoms with Gasteiger partial charge in [-0.05, 0) is 79.6 Å². The summed E-state index contributed by atoms with van der Waals surface area (Å²) in [5.74, 6) is 1.76. The van der Waals surface area contributed by atoms with Crippen LogP contribution in [0.5, 0.6) is 17.2 Å². The van der Waals surface area contributed by atoms with Gasteiger partial charge in [-0.15, -0.1) is 0 Å². The second-order valence-electron chi connectivity index (χ2n) is 10.1. The lowest BCUT2D eigenvalue weighted by Gasteiger charge is -2.13. The summed E-state index contributed by atoms with van der Waals surface area (Å²) in [7, 11) is 1.59. The Hall–Kier alpha value is -5.90. The van der Waals surface area contributed by atoms with Gasteiger partial charge in [0.25, 0.3) is 11.5 Å². The van der Waals surface area contributed by atoms with Crippen LogP contribution in [0, 0.1) is 6.92 Å². The molecule has 4 aromatic carbocycles. The van der Waals surface area contributed by atoms with E-state index in [1.165, 1.54) is 10.9 Å². The fourth-order valence-corrected chi connectivity index (χ4v) is 4.87. The van der Waals surface area contributed by atoms with Crippen molar-refractivity contribution in [2.45, 2.75) is 13.8 Å². The number of para-hydroxylation sites is 2. The monoisotopic (exact) mass is 602 g/mol. The molecule has 6 aromatic rings. The van der Waals surface area contributed by atoms with Crippen molar-refractivity contribution in [1.29, 1.82) is 0 Å². The average molecular weight is 603 g/mol. The first kappa shape index (κ1) is 29.2. The van der Waals surface area contributed by atoms with E-state index in [0.29, 0.717) is 51.7 Å². The number of hydrogen-bond donors (Lipinski definition) is 1. The van der Waals surface area contributed by atoms with Gasteiger partial charge in [-0.3, -0.25) is 9.59 Å². The number of nitrogens with one attached hydrogen (secondary N) is 1. The summed E-state index contributed by atoms with van der Waals surface area (Å²) in [5.41, 5.74) is 3.06. The number of nitrogens with zero attached hydrogens (tertiary/aromatic N) is 3. The number of fused-ring (bicyclic) bond motifs is 2. The third-order valence-corrected chi connectivity index (χ3v) is 7.08. The summed E-state index contributed by atoms with van der Waals surface area (Å²) in [6.45, 7) is 3.94. The van der Waals surface area contributed by atoms with Crippen molar-refractivity contribution in [3.8, 4) is 28.8 Å². The van der Waals surface area contributed by atoms with Crippen LogP contribution in [0.15, 0.2) is 105 Å². The van der Waals surface area contributed by atoms with Crippen LogP contribution in [-0.4, -0.2) is 42.1 Å². The largest absolute Gasteiger partial charge is 0.496 e. The van der Waals surface area contributed by atoms with Crippen LogP contribution in [0.25, 0.3) is 33.5 Å². The highest BCUT2D eigenvalue weighted by atomic mass is 16.5. The van der Waals surface area contributed by atoms with Crippen molar-refractivity contribution in [3.05, 3.63) is 112 Å². The molecule has 0 saturated heterocycles. The van der Waals surface area contributed by atoms with Crippen LogP contribution >= 0.6 is 0 Å². The molecule has 0 saturated carbocycles. The third kappa shape index (κ3) is 6.12. The van der Waals surface area contributed by atoms with E-state index in [0.717, 1.165) is 16.6 Å². The summed E-state index contributed by atoms with van der Waals surface area (Å²) in [6, 6.07) is 27.0. The van der Waals surface area contributed by atoms with E-state index in [1.807, 2.05) is 62.4 Å². The van der Waals surface area contributed by atoms with Gasteiger partial charge in [0, 0.05) is 5.69 Å². The zero-order valence-electron chi connectivity index (χ0n) is 24.9. The van der Waals surface area contributed by atoms with Gasteiger partial charge in [-0.25, -0.2) is 4.98 Å². The fraction of sp³-hybridized carbons (Fsp3) is 0.143. The van der Waals surface area contributed by atoms with E-state index in [1.54, 1.807) is 49.6 Å². The van der Waals surface area contributed by atoms with Crippen molar-refractivity contribution in [3.63, 3.8) is 0 Å². The van der Waals surface area contributed by atoms with Gasteiger partial charge >= 0.3 is 0 Å². The van der Waals surface area contributed by atoms with Crippen molar-refractivity contribution in [2.75, 3.05) is 25.6 Å². The molecule has 0 radical (unpaired) electrons. The Balaban J connectivity index is 1.31. The minimum atomic E-state index is -0.357. The van der Waals surface area contributed by atoms with Gasteiger partial charge in [0.05, 0.1) is 36.2 Å². The first-order valence-electron chi connectivity index (χ1n) is 14.3. The summed E-state index contributed by atoms with van der Waals surface area (Å²) in [5, 5.41) is 8.55. The molecule has 10 heteroatoms. The quantitative estimate of drug-likeness (QED) is 0.180. The number of aromatic nitrogens is 2. The minimum Gasteiger partial charge on any atom is -0.496 e. The number of carbonyl (C=O) groups is 1. The maximum absolute atomic E-state index is 13.7. The summed E-state index contributed by atoms with van der Waals surface area (Å²) in [6.07, 6.45) is 1.53. The predicted molar refractivity (Wildman–Crippen MR) is 174 cm³/mol. The molecule has 0 aliphatic heterocycles. The number of anilines is 1. The Bertz CT molecular complexity index is 2110. The predicted octanol–water partition coefficient (Wildman–Crippen LogP) is 6.43. The van der Waals surface area contributed by atoms with Crippen LogP contribution in [0.1, 0.15) is 18.1 Å². The highest BCUT2D eigenvalue weighted by Gasteiger charge is 2.18. The number of carbonyl (C=O) groups excluding carboxylic acids is 1. The van der Waals surface area contributed by atoms with E-state index < -0.39 is 0 Å². The summed E-state index contributed by atoms with van der Waals surface area (Å²) in [4.78, 5) is 31.0. The molecular formula is C35H30N4O6. The van der Waals surface area contributed by atoms with Crippen molar-refractivity contribution < 1.29 is 23.4 Å². The molecule has 0 aliphatic carbocycles. The smallest absolute Gasteiger partial charge is 0.282 e. The highest BCUT2D eigenvalue weighted by molar-refractivity contribution is 5.92. The van der Waals surface area contributed by atoms with E-state index >= 15 is 0 Å². The second kappa shape index (κ2) is 12.8. The Morgan fingerprint density at radius 2 is 1.76 bits per heavy atom. The normalized spacial score (nSPS) is 11.3. The number of amides is 1. The molecular weight excluding hydrogens is 572 g/mol. The van der Waals surface area contributed by atoms with Gasteiger partial charge in [0.15, 0.2) is 23.9 Å². The number of hydrogen-bond acceptors (Lipinski definition) is 8. The Labute approximate surface area is 258 Å². The number of aryl methyl sites for hydroxylation is 1. The topological polar surface area (TPSA) is 117 Å². The van der Waals surface area contributed by atoms with Gasteiger partial charge in [-0.1, -0.05) is 36.4 Å². The van der Waals surface area contributed by atoms with Crippen LogP contribution in [0.2, 0.25) is 0 Å². The number of furan rings is 1. The third-order valence-electron chi connectivity index (χ3n) is 7.08. The van der Waals surface area contributed by atoms with Crippen LogP contribution < -0.4 is 25.1 Å². The minimum absolute atomic E-state index is 0.203. The molecule has 226 valence electrons. The fourth-order valence-electron chi connectivity index (χ4n) is 4.87. The summed E-state index contributed by atoms with van der Waals surface area (Å²) < 4.78 is 24.4. The lowest BCUT2D eigenvalue weighted by molar-refractivity contribution is -0.118. The molecule has 0 atom stereocenters. The first-order valence-corrected chi connectivity index (χ1v) is 14.3. The van der Waals surface area contributed by atoms with E-state index in [2.05, 4.69) is 10.4 Å². The van der Waals surface area contributed by atoms with Crippen molar-refractivity contribution in [1.82, 2.24) is 9.66 Å². The Kier molecular flexibility index (Phi) is 8.28. The molecule has 2 aromatic heterocycles. The first-order chi connectivity index (χ1) is 21.9. The zero-order valence-corrected chi connectivity index (χ0v) is 24.9. The summed E-state index contributed by atoms with van der Waals surface area (Å²) >= 11 is 0. The molecule has 0 aliphatic rings. The molecule has 0 unspecified atom stereocenters. The molecule has 1 amide bonds. The number of benzene rings is 4. The molecule has 6 rings (SSSR count). The molecule has 0 spiro atoms. The van der Waals surface area contributed by atoms with E-state index in [4.69, 9.17) is 23.6 Å². The molecule has 0 bridgehead atoms. The van der Waals surface area contributed by atoms with Crippen molar-refractivity contribution in [2.24, 2.45) is 5.10 Å². The number of ether oxygens (including phenoxy) is 3. The van der Waals surface area contributed by atoms with E-state index in [-0.39, 0.29) is 23.9 Å². The average Bonchev–Trinajstić information content (AvgIpc) is 3.50. The molecule has 0 fully saturated rings. The van der Waals surface area contributed by atoms with Crippen molar-refractivity contribution >= 4 is 39.7 Å². The standard InChI is InChI=1S/C35H30N4O6/c1-4-43-31-18-23(16-17-30(31)44-21-33(40)37-26-12-7-5-10-22(26)2)20-36-39-34(38-27-13-8-6-11-24(27)35(39)41)32-19-25-28(42-3)14-9-15-29(25)45-32/h5-20H,4,21H2,1-3H3,(H,37,40). The van der Waals surface area contributed by atoms with Gasteiger partial charge < -0.3 is 23.9 Å². The molecule has 45 heavy (non-hydrogen) atoms. The SMILES string of the molecule is CCOc1cc(C=Nn2c(-c3cc4c(OC)cccc4o3)nc3ccccc3c2=O)ccc1OCC(=O)Nc1ccccc1C. The number of methoxy groups -OCH3 is 1. The van der Waals surface area contributed by atoms with Gasteiger partial charge in [-0.2, -0.15) is 9.78 Å². The number of rotatable bonds is 10. The van der Waals surface area contributed by atoms with Gasteiger partial charge in [0.2, 0.25) is 5.82 Å². The Morgan fingerprint density at radius 3 is 2.58 bits per heavy atom. The lowest BCUT2D eigenvalue weighted by Crippen LogP contribution is -2.21. The van der Waals surface area contributed by atoms with Crippen LogP contribution in [0.3, 0.4) is 0 Å². The van der Waals surface area contributed by atoms with E-state index in [9.17, 15) is 9.59 Å². The highest BCUT2D eigenvalue weighted by Crippen LogP contribution is 2.33. The van der Waals surface area contributed by atoms with Crippen LogP contribution in [0.4, 0.5) is 5.69 Å². The molecule has 1 N–H and O–H groups in total. The second-order valence-corrected chi connectivity index (χ2v) is 10.1. The molecule has 10 nitrogen and oxygen atoms in total. The van der Waals surface area contributed by atoms with Gasteiger partial charge in [0.1, 0.15) is 11.3 Å². The lowest BCUT2D eigenvalue weighted by atomic mass is 10.2. The molecule has 2 heterocycles. The maximum Gasteiger partial charge on any atom is 0.282 e. The maximum atomic E-state index is 13.7.